The average Bonchev–Trinajstić information content (AvgIpc) is 2.34. The van der Waals surface area contributed by atoms with Crippen molar-refractivity contribution in [1.29, 1.82) is 0 Å². The second-order valence-corrected chi connectivity index (χ2v) is 5.67. The first-order valence-corrected chi connectivity index (χ1v) is 7.13. The number of amides is 2. The highest BCUT2D eigenvalue weighted by molar-refractivity contribution is 9.10. The zero-order valence-corrected chi connectivity index (χ0v) is 11.9. The van der Waals surface area contributed by atoms with Gasteiger partial charge in [-0.25, -0.2) is 4.79 Å². The summed E-state index contributed by atoms with van der Waals surface area (Å²) in [6, 6.07) is 7.91. The zero-order chi connectivity index (χ0) is 13.2. The number of halogens is 1. The summed E-state index contributed by atoms with van der Waals surface area (Å²) in [4.78, 5) is 16.2. The lowest BCUT2D eigenvalue weighted by molar-refractivity contribution is 0.240. The quantitative estimate of drug-likeness (QED) is 0.887. The molecular weight excluding hydrogens is 306 g/mol. The van der Waals surface area contributed by atoms with Crippen LogP contribution < -0.4 is 10.6 Å². The number of nitrogens with zero attached hydrogens (tertiary/aromatic N) is 1. The summed E-state index contributed by atoms with van der Waals surface area (Å²) >= 11 is 3.40. The molecule has 0 atom stereocenters. The number of pyridine rings is 1. The molecule has 19 heavy (non-hydrogen) atoms. The molecule has 0 radical (unpaired) electrons. The van der Waals surface area contributed by atoms with E-state index in [4.69, 9.17) is 0 Å². The van der Waals surface area contributed by atoms with E-state index in [9.17, 15) is 4.79 Å². The molecule has 2 N–H and O–H groups in total. The standard InChI is InChI=1S/C14H14BrN3O/c15-10-7-9-3-1-6-12(13(9)16-8-10)18-14(19)17-11-4-2-5-11/h1,3,6-8,11H,2,4-5H2,(H2,17,18,19). The maximum absolute atomic E-state index is 11.9. The summed E-state index contributed by atoms with van der Waals surface area (Å²) in [6.45, 7) is 0. The molecule has 1 heterocycles. The molecule has 98 valence electrons. The van der Waals surface area contributed by atoms with E-state index in [1.165, 1.54) is 6.42 Å². The van der Waals surface area contributed by atoms with Crippen LogP contribution in [0.1, 0.15) is 19.3 Å². The first-order valence-electron chi connectivity index (χ1n) is 6.34. The van der Waals surface area contributed by atoms with Crippen LogP contribution in [0.25, 0.3) is 10.9 Å². The number of aromatic nitrogens is 1. The molecule has 1 aromatic heterocycles. The Bertz CT molecular complexity index is 625. The van der Waals surface area contributed by atoms with Gasteiger partial charge in [0.15, 0.2) is 0 Å². The molecule has 4 nitrogen and oxygen atoms in total. The Labute approximate surface area is 119 Å². The molecule has 0 saturated heterocycles. The number of carbonyl (C=O) groups is 1. The van der Waals surface area contributed by atoms with Crippen molar-refractivity contribution in [2.24, 2.45) is 0 Å². The number of benzene rings is 1. The van der Waals surface area contributed by atoms with Gasteiger partial charge in [0.1, 0.15) is 0 Å². The van der Waals surface area contributed by atoms with Gasteiger partial charge in [-0.15, -0.1) is 0 Å². The summed E-state index contributed by atoms with van der Waals surface area (Å²) in [6.07, 6.45) is 5.09. The maximum atomic E-state index is 11.9. The molecule has 2 amide bonds. The topological polar surface area (TPSA) is 54.0 Å². The van der Waals surface area contributed by atoms with Gasteiger partial charge in [-0.1, -0.05) is 12.1 Å². The van der Waals surface area contributed by atoms with Crippen molar-refractivity contribution in [2.45, 2.75) is 25.3 Å². The number of fused-ring (bicyclic) bond motifs is 1. The van der Waals surface area contributed by atoms with Gasteiger partial charge in [-0.05, 0) is 47.3 Å². The van der Waals surface area contributed by atoms with Crippen LogP contribution in [-0.2, 0) is 0 Å². The van der Waals surface area contributed by atoms with E-state index in [0.29, 0.717) is 6.04 Å². The molecule has 2 aromatic rings. The first-order chi connectivity index (χ1) is 9.22. The molecule has 3 rings (SSSR count). The Hall–Kier alpha value is -1.62. The highest BCUT2D eigenvalue weighted by Gasteiger charge is 2.19. The normalized spacial score (nSPS) is 15.0. The fourth-order valence-electron chi connectivity index (χ4n) is 2.13. The Morgan fingerprint density at radius 2 is 2.21 bits per heavy atom. The minimum Gasteiger partial charge on any atom is -0.335 e. The van der Waals surface area contributed by atoms with Crippen LogP contribution in [0.3, 0.4) is 0 Å². The van der Waals surface area contributed by atoms with Gasteiger partial charge in [0.05, 0.1) is 11.2 Å². The number of urea groups is 1. The fourth-order valence-corrected chi connectivity index (χ4v) is 2.48. The lowest BCUT2D eigenvalue weighted by atomic mass is 9.93. The predicted molar refractivity (Wildman–Crippen MR) is 79.2 cm³/mol. The number of hydrogen-bond donors (Lipinski definition) is 2. The number of para-hydroxylation sites is 1. The SMILES string of the molecule is O=C(Nc1cccc2cc(Br)cnc12)NC1CCC1. The third kappa shape index (κ3) is 2.71. The van der Waals surface area contributed by atoms with E-state index < -0.39 is 0 Å². The number of carbonyl (C=O) groups excluding carboxylic acids is 1. The van der Waals surface area contributed by atoms with Crippen LogP contribution in [0, 0.1) is 0 Å². The van der Waals surface area contributed by atoms with Crippen LogP contribution in [0.4, 0.5) is 10.5 Å². The Morgan fingerprint density at radius 3 is 2.95 bits per heavy atom. The van der Waals surface area contributed by atoms with E-state index in [0.717, 1.165) is 33.9 Å². The molecule has 1 saturated carbocycles. The second-order valence-electron chi connectivity index (χ2n) is 4.76. The van der Waals surface area contributed by atoms with Crippen molar-refractivity contribution in [3.63, 3.8) is 0 Å². The average molecular weight is 320 g/mol. The number of anilines is 1. The summed E-state index contributed by atoms with van der Waals surface area (Å²) in [5, 5.41) is 6.83. The van der Waals surface area contributed by atoms with Crippen molar-refractivity contribution in [3.8, 4) is 0 Å². The molecule has 1 fully saturated rings. The van der Waals surface area contributed by atoms with Gasteiger partial charge in [0.25, 0.3) is 0 Å². The molecule has 1 aliphatic carbocycles. The highest BCUT2D eigenvalue weighted by Crippen LogP contribution is 2.24. The Balaban J connectivity index is 1.81. The summed E-state index contributed by atoms with van der Waals surface area (Å²) < 4.78 is 0.927. The molecule has 0 aliphatic heterocycles. The lowest BCUT2D eigenvalue weighted by Gasteiger charge is -2.26. The molecule has 1 aromatic carbocycles. The van der Waals surface area contributed by atoms with Crippen molar-refractivity contribution >= 4 is 38.6 Å². The summed E-state index contributed by atoms with van der Waals surface area (Å²) in [7, 11) is 0. The van der Waals surface area contributed by atoms with Crippen LogP contribution >= 0.6 is 15.9 Å². The lowest BCUT2D eigenvalue weighted by Crippen LogP contribution is -2.41. The van der Waals surface area contributed by atoms with E-state index in [1.54, 1.807) is 6.20 Å². The third-order valence-electron chi connectivity index (χ3n) is 3.37. The van der Waals surface area contributed by atoms with Crippen LogP contribution in [0.15, 0.2) is 34.9 Å². The largest absolute Gasteiger partial charge is 0.335 e. The minimum atomic E-state index is -0.151. The molecule has 0 unspecified atom stereocenters. The van der Waals surface area contributed by atoms with Crippen molar-refractivity contribution < 1.29 is 4.79 Å². The predicted octanol–water partition coefficient (Wildman–Crippen LogP) is 3.67. The van der Waals surface area contributed by atoms with Crippen molar-refractivity contribution in [2.75, 3.05) is 5.32 Å². The zero-order valence-electron chi connectivity index (χ0n) is 10.3. The van der Waals surface area contributed by atoms with Gasteiger partial charge in [-0.2, -0.15) is 0 Å². The fraction of sp³-hybridized carbons (Fsp3) is 0.286. The van der Waals surface area contributed by atoms with Gasteiger partial charge < -0.3 is 10.6 Å². The number of hydrogen-bond acceptors (Lipinski definition) is 2. The van der Waals surface area contributed by atoms with Gasteiger partial charge in [-0.3, -0.25) is 4.98 Å². The van der Waals surface area contributed by atoms with Gasteiger partial charge in [0.2, 0.25) is 0 Å². The van der Waals surface area contributed by atoms with Crippen molar-refractivity contribution in [1.82, 2.24) is 10.3 Å². The number of nitrogens with one attached hydrogen (secondary N) is 2. The first kappa shape index (κ1) is 12.4. The molecule has 5 heteroatoms. The maximum Gasteiger partial charge on any atom is 0.319 e. The monoisotopic (exact) mass is 319 g/mol. The van der Waals surface area contributed by atoms with E-state index in [2.05, 4.69) is 31.5 Å². The summed E-state index contributed by atoms with van der Waals surface area (Å²) in [5.41, 5.74) is 1.54. The third-order valence-corrected chi connectivity index (χ3v) is 3.80. The van der Waals surface area contributed by atoms with Crippen molar-refractivity contribution in [3.05, 3.63) is 34.9 Å². The smallest absolute Gasteiger partial charge is 0.319 e. The van der Waals surface area contributed by atoms with Crippen LogP contribution in [0.5, 0.6) is 0 Å². The van der Waals surface area contributed by atoms with Gasteiger partial charge >= 0.3 is 6.03 Å². The highest BCUT2D eigenvalue weighted by atomic mass is 79.9. The minimum absolute atomic E-state index is 0.151. The van der Waals surface area contributed by atoms with E-state index >= 15 is 0 Å². The van der Waals surface area contributed by atoms with Gasteiger partial charge in [0, 0.05) is 22.1 Å². The summed E-state index contributed by atoms with van der Waals surface area (Å²) in [5.74, 6) is 0. The molecule has 0 bridgehead atoms. The van der Waals surface area contributed by atoms with E-state index in [-0.39, 0.29) is 6.03 Å². The second kappa shape index (κ2) is 5.17. The number of rotatable bonds is 2. The van der Waals surface area contributed by atoms with E-state index in [1.807, 2.05) is 24.3 Å². The Kier molecular flexibility index (Phi) is 3.38. The Morgan fingerprint density at radius 1 is 1.37 bits per heavy atom. The molecular formula is C14H14BrN3O. The van der Waals surface area contributed by atoms with Crippen LogP contribution in [0.2, 0.25) is 0 Å². The molecule has 1 aliphatic rings. The van der Waals surface area contributed by atoms with Crippen LogP contribution in [-0.4, -0.2) is 17.1 Å². The molecule has 0 spiro atoms.